The minimum Gasteiger partial charge on any atom is -0.497 e. The molecule has 0 radical (unpaired) electrons. The van der Waals surface area contributed by atoms with Gasteiger partial charge in [-0.2, -0.15) is 5.10 Å². The van der Waals surface area contributed by atoms with Gasteiger partial charge in [-0.15, -0.1) is 0 Å². The Hall–Kier alpha value is -2.54. The zero-order chi connectivity index (χ0) is 18.1. The molecule has 1 heterocycles. The van der Waals surface area contributed by atoms with E-state index in [2.05, 4.69) is 29.2 Å². The number of amides is 1. The molecule has 25 heavy (non-hydrogen) atoms. The van der Waals surface area contributed by atoms with E-state index in [1.54, 1.807) is 24.1 Å². The van der Waals surface area contributed by atoms with Gasteiger partial charge in [0.25, 0.3) is 5.91 Å². The number of ether oxygens (including phenoxy) is 2. The van der Waals surface area contributed by atoms with Crippen LogP contribution in [-0.2, 0) is 6.73 Å². The summed E-state index contributed by atoms with van der Waals surface area (Å²) in [5.74, 6) is 1.31. The maximum atomic E-state index is 12.1. The number of carbonyl (C=O) groups excluding carboxylic acids is 1. The lowest BCUT2D eigenvalue weighted by Gasteiger charge is -2.17. The zero-order valence-corrected chi connectivity index (χ0v) is 15.1. The van der Waals surface area contributed by atoms with Crippen molar-refractivity contribution in [1.29, 1.82) is 0 Å². The van der Waals surface area contributed by atoms with Crippen LogP contribution in [0.4, 0.5) is 0 Å². The monoisotopic (exact) mass is 346 g/mol. The number of nitrogens with one attached hydrogen (secondary N) is 1. The van der Waals surface area contributed by atoms with E-state index in [0.717, 1.165) is 25.4 Å². The third-order valence-corrected chi connectivity index (χ3v) is 3.90. The molecule has 0 atom stereocenters. The average molecular weight is 346 g/mol. The third kappa shape index (κ3) is 5.79. The molecule has 1 N–H and O–H groups in total. The molecule has 0 aliphatic carbocycles. The van der Waals surface area contributed by atoms with Crippen molar-refractivity contribution < 1.29 is 14.3 Å². The third-order valence-electron chi connectivity index (χ3n) is 3.90. The summed E-state index contributed by atoms with van der Waals surface area (Å²) >= 11 is 0. The molecule has 2 aromatic rings. The van der Waals surface area contributed by atoms with Crippen molar-refractivity contribution in [2.75, 3.05) is 33.3 Å². The summed E-state index contributed by atoms with van der Waals surface area (Å²) < 4.78 is 12.3. The molecule has 0 aliphatic heterocycles. The number of benzene rings is 1. The molecule has 7 nitrogen and oxygen atoms in total. The SMILES string of the molecule is CCN(CC)CCNC(=O)c1ccn(COc2ccc(OC)cc2)n1. The van der Waals surface area contributed by atoms with Gasteiger partial charge in [-0.05, 0) is 43.4 Å². The Morgan fingerprint density at radius 1 is 1.16 bits per heavy atom. The smallest absolute Gasteiger partial charge is 0.271 e. The summed E-state index contributed by atoms with van der Waals surface area (Å²) in [5, 5.41) is 7.13. The normalized spacial score (nSPS) is 10.7. The van der Waals surface area contributed by atoms with E-state index in [9.17, 15) is 4.79 Å². The highest BCUT2D eigenvalue weighted by Gasteiger charge is 2.09. The van der Waals surface area contributed by atoms with E-state index < -0.39 is 0 Å². The molecule has 136 valence electrons. The van der Waals surface area contributed by atoms with Crippen LogP contribution in [0, 0.1) is 0 Å². The first-order chi connectivity index (χ1) is 12.2. The predicted molar refractivity (Wildman–Crippen MR) is 96.0 cm³/mol. The van der Waals surface area contributed by atoms with E-state index in [1.807, 2.05) is 24.3 Å². The lowest BCUT2D eigenvalue weighted by molar-refractivity contribution is 0.0942. The fraction of sp³-hybridized carbons (Fsp3) is 0.444. The van der Waals surface area contributed by atoms with Gasteiger partial charge < -0.3 is 19.7 Å². The number of likely N-dealkylation sites (N-methyl/N-ethyl adjacent to an activating group) is 1. The summed E-state index contributed by atoms with van der Waals surface area (Å²) in [6, 6.07) is 8.98. The first-order valence-electron chi connectivity index (χ1n) is 8.47. The van der Waals surface area contributed by atoms with Crippen molar-refractivity contribution >= 4 is 5.91 Å². The van der Waals surface area contributed by atoms with Gasteiger partial charge in [0.05, 0.1) is 7.11 Å². The van der Waals surface area contributed by atoms with Crippen molar-refractivity contribution in [3.63, 3.8) is 0 Å². The summed E-state index contributed by atoms with van der Waals surface area (Å²) in [5.41, 5.74) is 0.387. The van der Waals surface area contributed by atoms with E-state index in [-0.39, 0.29) is 12.6 Å². The molecular weight excluding hydrogens is 320 g/mol. The van der Waals surface area contributed by atoms with Crippen LogP contribution in [0.25, 0.3) is 0 Å². The van der Waals surface area contributed by atoms with Crippen molar-refractivity contribution in [3.05, 3.63) is 42.2 Å². The summed E-state index contributed by atoms with van der Waals surface area (Å²) in [7, 11) is 1.62. The van der Waals surface area contributed by atoms with Crippen molar-refractivity contribution in [2.24, 2.45) is 0 Å². The second-order valence-electron chi connectivity index (χ2n) is 5.47. The van der Waals surface area contributed by atoms with E-state index >= 15 is 0 Å². The number of rotatable bonds is 10. The maximum Gasteiger partial charge on any atom is 0.271 e. The molecular formula is C18H26N4O3. The van der Waals surface area contributed by atoms with Crippen LogP contribution in [0.2, 0.25) is 0 Å². The van der Waals surface area contributed by atoms with Crippen LogP contribution in [-0.4, -0.2) is 53.9 Å². The Balaban J connectivity index is 1.79. The quantitative estimate of drug-likeness (QED) is 0.713. The van der Waals surface area contributed by atoms with Crippen molar-refractivity contribution in [2.45, 2.75) is 20.6 Å². The van der Waals surface area contributed by atoms with Gasteiger partial charge in [0.1, 0.15) is 17.2 Å². The van der Waals surface area contributed by atoms with Crippen LogP contribution < -0.4 is 14.8 Å². The standard InChI is InChI=1S/C18H26N4O3/c1-4-21(5-2)13-11-19-18(23)17-10-12-22(20-17)14-25-16-8-6-15(24-3)7-9-16/h6-10,12H,4-5,11,13-14H2,1-3H3,(H,19,23). The molecule has 1 amide bonds. The fourth-order valence-electron chi connectivity index (χ4n) is 2.33. The van der Waals surface area contributed by atoms with Gasteiger partial charge in [0.15, 0.2) is 6.73 Å². The molecule has 0 saturated carbocycles. The highest BCUT2D eigenvalue weighted by molar-refractivity contribution is 5.92. The van der Waals surface area contributed by atoms with Crippen LogP contribution in [0.3, 0.4) is 0 Å². The Labute approximate surface area is 148 Å². The second kappa shape index (κ2) is 9.68. The van der Waals surface area contributed by atoms with Crippen LogP contribution in [0.5, 0.6) is 11.5 Å². The predicted octanol–water partition coefficient (Wildman–Crippen LogP) is 2.00. The Kier molecular flexibility index (Phi) is 7.28. The van der Waals surface area contributed by atoms with Crippen molar-refractivity contribution in [1.82, 2.24) is 20.0 Å². The molecule has 1 aromatic carbocycles. The van der Waals surface area contributed by atoms with E-state index in [1.165, 1.54) is 0 Å². The summed E-state index contributed by atoms with van der Waals surface area (Å²) in [6.45, 7) is 7.84. The minimum atomic E-state index is -0.171. The number of hydrogen-bond donors (Lipinski definition) is 1. The lowest BCUT2D eigenvalue weighted by atomic mass is 10.3. The number of aromatic nitrogens is 2. The molecule has 0 fully saturated rings. The maximum absolute atomic E-state index is 12.1. The van der Waals surface area contributed by atoms with Gasteiger partial charge in [-0.1, -0.05) is 13.8 Å². The molecule has 0 spiro atoms. The Morgan fingerprint density at radius 3 is 2.48 bits per heavy atom. The average Bonchev–Trinajstić information content (AvgIpc) is 3.13. The first kappa shape index (κ1) is 18.8. The van der Waals surface area contributed by atoms with Crippen LogP contribution in [0.1, 0.15) is 24.3 Å². The summed E-state index contributed by atoms with van der Waals surface area (Å²) in [6.07, 6.45) is 1.73. The molecule has 0 unspecified atom stereocenters. The minimum absolute atomic E-state index is 0.171. The largest absolute Gasteiger partial charge is 0.497 e. The Bertz CT molecular complexity index is 651. The van der Waals surface area contributed by atoms with E-state index in [4.69, 9.17) is 9.47 Å². The van der Waals surface area contributed by atoms with Crippen molar-refractivity contribution in [3.8, 4) is 11.5 Å². The number of hydrogen-bond acceptors (Lipinski definition) is 5. The second-order valence-corrected chi connectivity index (χ2v) is 5.47. The van der Waals surface area contributed by atoms with Gasteiger partial charge in [-0.3, -0.25) is 4.79 Å². The van der Waals surface area contributed by atoms with Gasteiger partial charge in [0, 0.05) is 19.3 Å². The molecule has 2 rings (SSSR count). The summed E-state index contributed by atoms with van der Waals surface area (Å²) in [4.78, 5) is 14.4. The van der Waals surface area contributed by atoms with Gasteiger partial charge >= 0.3 is 0 Å². The molecule has 1 aromatic heterocycles. The van der Waals surface area contributed by atoms with Gasteiger partial charge in [0.2, 0.25) is 0 Å². The topological polar surface area (TPSA) is 68.6 Å². The Morgan fingerprint density at radius 2 is 1.84 bits per heavy atom. The lowest BCUT2D eigenvalue weighted by Crippen LogP contribution is -2.35. The molecule has 7 heteroatoms. The number of carbonyl (C=O) groups is 1. The highest BCUT2D eigenvalue weighted by atomic mass is 16.5. The molecule has 0 saturated heterocycles. The van der Waals surface area contributed by atoms with Gasteiger partial charge in [-0.25, -0.2) is 4.68 Å². The molecule has 0 aliphatic rings. The van der Waals surface area contributed by atoms with E-state index in [0.29, 0.717) is 18.0 Å². The highest BCUT2D eigenvalue weighted by Crippen LogP contribution is 2.17. The zero-order valence-electron chi connectivity index (χ0n) is 15.1. The number of nitrogens with zero attached hydrogens (tertiary/aromatic N) is 3. The van der Waals surface area contributed by atoms with Crippen LogP contribution >= 0.6 is 0 Å². The number of methoxy groups -OCH3 is 1. The fourth-order valence-corrected chi connectivity index (χ4v) is 2.33. The first-order valence-corrected chi connectivity index (χ1v) is 8.47. The van der Waals surface area contributed by atoms with Crippen LogP contribution in [0.15, 0.2) is 36.5 Å². The molecule has 0 bridgehead atoms.